The highest BCUT2D eigenvalue weighted by Gasteiger charge is 2.12. The van der Waals surface area contributed by atoms with E-state index < -0.39 is 0 Å². The zero-order chi connectivity index (χ0) is 12.5. The van der Waals surface area contributed by atoms with Crippen molar-refractivity contribution in [2.45, 2.75) is 17.1 Å². The predicted octanol–water partition coefficient (Wildman–Crippen LogP) is 0.972. The van der Waals surface area contributed by atoms with Gasteiger partial charge >= 0.3 is 0 Å². The van der Waals surface area contributed by atoms with E-state index in [1.165, 1.54) is 11.8 Å². The normalized spacial score (nSPS) is 11.0. The number of hydrogen-bond donors (Lipinski definition) is 3. The second-order valence-corrected chi connectivity index (χ2v) is 4.46. The Labute approximate surface area is 106 Å². The molecule has 9 heteroatoms. The fourth-order valence-corrected chi connectivity index (χ4v) is 2.28. The molecule has 0 radical (unpaired) electrons. The number of aryl methyl sites for hydroxylation is 1. The molecule has 3 rings (SSSR count). The lowest BCUT2D eigenvalue weighted by Crippen LogP contribution is -1.98. The van der Waals surface area contributed by atoms with Crippen molar-refractivity contribution in [3.63, 3.8) is 0 Å². The summed E-state index contributed by atoms with van der Waals surface area (Å²) in [6.45, 7) is 1.85. The van der Waals surface area contributed by atoms with Crippen molar-refractivity contribution < 1.29 is 0 Å². The lowest BCUT2D eigenvalue weighted by molar-refractivity contribution is 0.964. The van der Waals surface area contributed by atoms with Crippen LogP contribution in [0.4, 0.5) is 5.95 Å². The molecular weight excluding hydrogens is 252 g/mol. The van der Waals surface area contributed by atoms with Crippen molar-refractivity contribution >= 4 is 28.9 Å². The van der Waals surface area contributed by atoms with Crippen molar-refractivity contribution in [1.82, 2.24) is 35.1 Å². The molecule has 0 aliphatic carbocycles. The maximum absolute atomic E-state index is 4.37. The monoisotopic (exact) mass is 262 g/mol. The lowest BCUT2D eigenvalue weighted by Gasteiger charge is -2.01. The average Bonchev–Trinajstić information content (AvgIpc) is 2.98. The van der Waals surface area contributed by atoms with Crippen molar-refractivity contribution in [3.8, 4) is 0 Å². The molecule has 92 valence electrons. The molecule has 0 saturated heterocycles. The Morgan fingerprint density at radius 1 is 1.28 bits per heavy atom. The standard InChI is InChI=1S/C9H10N8S/c1-4-13-9(17-16-4)18-7-5-6(12-3-11-5)14-8(10-2)15-7/h3H,1-2H3,(H,13,16,17)(H2,10,11,12,14,15). The summed E-state index contributed by atoms with van der Waals surface area (Å²) >= 11 is 1.36. The molecule has 0 bridgehead atoms. The number of rotatable bonds is 3. The van der Waals surface area contributed by atoms with E-state index in [-0.39, 0.29) is 0 Å². The summed E-state index contributed by atoms with van der Waals surface area (Å²) in [6, 6.07) is 0. The number of anilines is 1. The molecule has 0 aromatic carbocycles. The Morgan fingerprint density at radius 2 is 2.17 bits per heavy atom. The molecule has 0 amide bonds. The van der Waals surface area contributed by atoms with Gasteiger partial charge in [-0.05, 0) is 18.7 Å². The Bertz CT molecular complexity index is 687. The molecule has 8 nitrogen and oxygen atoms in total. The zero-order valence-corrected chi connectivity index (χ0v) is 10.5. The van der Waals surface area contributed by atoms with Gasteiger partial charge in [0.15, 0.2) is 5.65 Å². The molecule has 0 atom stereocenters. The first-order chi connectivity index (χ1) is 8.76. The molecule has 18 heavy (non-hydrogen) atoms. The van der Waals surface area contributed by atoms with E-state index >= 15 is 0 Å². The molecule has 0 fully saturated rings. The van der Waals surface area contributed by atoms with Gasteiger partial charge in [-0.25, -0.2) is 15.0 Å². The van der Waals surface area contributed by atoms with Crippen molar-refractivity contribution in [3.05, 3.63) is 12.2 Å². The van der Waals surface area contributed by atoms with E-state index in [1.54, 1.807) is 13.4 Å². The number of fused-ring (bicyclic) bond motifs is 1. The van der Waals surface area contributed by atoms with Gasteiger partial charge in [0.05, 0.1) is 6.33 Å². The van der Waals surface area contributed by atoms with Crippen LogP contribution in [0.5, 0.6) is 0 Å². The van der Waals surface area contributed by atoms with Gasteiger partial charge in [0.2, 0.25) is 11.1 Å². The van der Waals surface area contributed by atoms with Gasteiger partial charge in [0.25, 0.3) is 0 Å². The third-order valence-electron chi connectivity index (χ3n) is 2.24. The summed E-state index contributed by atoms with van der Waals surface area (Å²) in [6.07, 6.45) is 1.59. The van der Waals surface area contributed by atoms with E-state index in [0.29, 0.717) is 16.8 Å². The minimum absolute atomic E-state index is 0.518. The maximum Gasteiger partial charge on any atom is 0.225 e. The van der Waals surface area contributed by atoms with Crippen LogP contribution in [0, 0.1) is 6.92 Å². The van der Waals surface area contributed by atoms with Crippen LogP contribution in [0.3, 0.4) is 0 Å². The van der Waals surface area contributed by atoms with Crippen molar-refractivity contribution in [2.24, 2.45) is 0 Å². The van der Waals surface area contributed by atoms with Gasteiger partial charge in [-0.15, -0.1) is 5.10 Å². The molecule has 3 aromatic rings. The highest BCUT2D eigenvalue weighted by atomic mass is 32.2. The molecule has 0 aliphatic rings. The second kappa shape index (κ2) is 4.26. The molecule has 3 N–H and O–H groups in total. The number of aromatic amines is 2. The fraction of sp³-hybridized carbons (Fsp3) is 0.222. The predicted molar refractivity (Wildman–Crippen MR) is 66.5 cm³/mol. The van der Waals surface area contributed by atoms with E-state index in [0.717, 1.165) is 16.4 Å². The molecule has 0 saturated carbocycles. The number of hydrogen-bond acceptors (Lipinski definition) is 7. The number of imidazole rings is 1. The van der Waals surface area contributed by atoms with Crippen molar-refractivity contribution in [2.75, 3.05) is 12.4 Å². The minimum atomic E-state index is 0.518. The van der Waals surface area contributed by atoms with Gasteiger partial charge in [0, 0.05) is 7.05 Å². The summed E-state index contributed by atoms with van der Waals surface area (Å²) in [7, 11) is 1.76. The number of nitrogens with zero attached hydrogens (tertiary/aromatic N) is 5. The summed E-state index contributed by atoms with van der Waals surface area (Å²) in [5, 5.41) is 11.1. The molecular formula is C9H10N8S. The SMILES string of the molecule is CNc1nc(Sc2n[nH]c(C)n2)c2[nH]cnc2n1. The summed E-state index contributed by atoms with van der Waals surface area (Å²) in [5.41, 5.74) is 1.39. The van der Waals surface area contributed by atoms with Crippen LogP contribution in [-0.4, -0.2) is 42.2 Å². The van der Waals surface area contributed by atoms with Crippen LogP contribution in [0.25, 0.3) is 11.2 Å². The highest BCUT2D eigenvalue weighted by molar-refractivity contribution is 7.99. The first-order valence-corrected chi connectivity index (χ1v) is 6.03. The van der Waals surface area contributed by atoms with Gasteiger partial charge in [0.1, 0.15) is 16.4 Å². The Balaban J connectivity index is 2.06. The zero-order valence-electron chi connectivity index (χ0n) is 9.72. The van der Waals surface area contributed by atoms with Crippen LogP contribution in [-0.2, 0) is 0 Å². The lowest BCUT2D eigenvalue weighted by atomic mass is 10.5. The first kappa shape index (κ1) is 11.0. The van der Waals surface area contributed by atoms with E-state index in [4.69, 9.17) is 0 Å². The number of H-pyrrole nitrogens is 2. The molecule has 0 spiro atoms. The average molecular weight is 262 g/mol. The number of aromatic nitrogens is 7. The van der Waals surface area contributed by atoms with E-state index in [1.807, 2.05) is 6.92 Å². The van der Waals surface area contributed by atoms with Crippen LogP contribution >= 0.6 is 11.8 Å². The maximum atomic E-state index is 4.37. The Morgan fingerprint density at radius 3 is 2.89 bits per heavy atom. The van der Waals surface area contributed by atoms with Crippen LogP contribution in [0.15, 0.2) is 16.5 Å². The molecule has 0 unspecified atom stereocenters. The van der Waals surface area contributed by atoms with Gasteiger partial charge < -0.3 is 10.3 Å². The van der Waals surface area contributed by atoms with Gasteiger partial charge in [-0.2, -0.15) is 4.98 Å². The third kappa shape index (κ3) is 1.88. The van der Waals surface area contributed by atoms with Gasteiger partial charge in [-0.3, -0.25) is 5.10 Å². The summed E-state index contributed by atoms with van der Waals surface area (Å²) < 4.78 is 0. The fourth-order valence-electron chi connectivity index (χ4n) is 1.45. The molecule has 3 heterocycles. The molecule has 0 aliphatic heterocycles. The van der Waals surface area contributed by atoms with Crippen molar-refractivity contribution in [1.29, 1.82) is 0 Å². The second-order valence-electron chi connectivity index (χ2n) is 3.51. The largest absolute Gasteiger partial charge is 0.357 e. The highest BCUT2D eigenvalue weighted by Crippen LogP contribution is 2.28. The third-order valence-corrected chi connectivity index (χ3v) is 3.09. The van der Waals surface area contributed by atoms with Gasteiger partial charge in [-0.1, -0.05) is 0 Å². The van der Waals surface area contributed by atoms with Crippen LogP contribution < -0.4 is 5.32 Å². The Hall–Kier alpha value is -2.16. The Kier molecular flexibility index (Phi) is 2.59. The molecule has 3 aromatic heterocycles. The number of nitrogens with one attached hydrogen (secondary N) is 3. The topological polar surface area (TPSA) is 108 Å². The quantitative estimate of drug-likeness (QED) is 0.603. The smallest absolute Gasteiger partial charge is 0.225 e. The first-order valence-electron chi connectivity index (χ1n) is 5.22. The van der Waals surface area contributed by atoms with E-state index in [2.05, 4.69) is 40.4 Å². The van der Waals surface area contributed by atoms with Crippen LogP contribution in [0.2, 0.25) is 0 Å². The minimum Gasteiger partial charge on any atom is -0.357 e. The van der Waals surface area contributed by atoms with Crippen LogP contribution in [0.1, 0.15) is 5.82 Å². The van der Waals surface area contributed by atoms with E-state index in [9.17, 15) is 0 Å². The summed E-state index contributed by atoms with van der Waals surface area (Å²) in [5.74, 6) is 1.28. The summed E-state index contributed by atoms with van der Waals surface area (Å²) in [4.78, 5) is 20.0.